The third-order valence-corrected chi connectivity index (χ3v) is 6.36. The first-order valence-corrected chi connectivity index (χ1v) is 11.1. The number of para-hydroxylation sites is 1. The molecule has 1 saturated heterocycles. The summed E-state index contributed by atoms with van der Waals surface area (Å²) in [7, 11) is 1.64. The Balaban J connectivity index is 1.45. The van der Waals surface area contributed by atoms with E-state index in [9.17, 15) is 22.8 Å². The summed E-state index contributed by atoms with van der Waals surface area (Å²) in [6.07, 6.45) is -3.61. The molecule has 1 aliphatic rings. The molecule has 2 amide bonds. The first-order chi connectivity index (χ1) is 15.8. The van der Waals surface area contributed by atoms with Gasteiger partial charge in [-0.1, -0.05) is 18.2 Å². The monoisotopic (exact) mass is 474 g/mol. The predicted octanol–water partition coefficient (Wildman–Crippen LogP) is 4.40. The summed E-state index contributed by atoms with van der Waals surface area (Å²) in [6, 6.07) is 12.9. The van der Waals surface area contributed by atoms with Gasteiger partial charge in [0.1, 0.15) is 5.82 Å². The largest absolute Gasteiger partial charge is 0.417 e. The smallest absolute Gasteiger partial charge is 0.353 e. The van der Waals surface area contributed by atoms with Gasteiger partial charge >= 0.3 is 6.18 Å². The van der Waals surface area contributed by atoms with E-state index in [1.165, 1.54) is 22.3 Å². The second kappa shape index (κ2) is 9.22. The molecule has 172 valence electrons. The standard InChI is InChI=1S/C23H21F3N4O2S/c1-28(22(32)19-7-4-14-33-19)18-6-3-2-5-17(18)21(31)30-12-10-29(11-13-30)20-9-8-16(15-27-20)23(24,25)26/h2-9,14-15H,10-13H2,1H3. The van der Waals surface area contributed by atoms with Gasteiger partial charge in [0.15, 0.2) is 0 Å². The Kier molecular flexibility index (Phi) is 6.37. The highest BCUT2D eigenvalue weighted by molar-refractivity contribution is 7.12. The van der Waals surface area contributed by atoms with Crippen molar-refractivity contribution in [1.29, 1.82) is 0 Å². The van der Waals surface area contributed by atoms with Crippen molar-refractivity contribution in [3.63, 3.8) is 0 Å². The number of carbonyl (C=O) groups excluding carboxylic acids is 2. The highest BCUT2D eigenvalue weighted by atomic mass is 32.1. The Morgan fingerprint density at radius 1 is 1.00 bits per heavy atom. The van der Waals surface area contributed by atoms with E-state index in [0.29, 0.717) is 48.1 Å². The minimum absolute atomic E-state index is 0.191. The summed E-state index contributed by atoms with van der Waals surface area (Å²) in [5.74, 6) is 0.0525. The molecule has 0 aliphatic carbocycles. The lowest BCUT2D eigenvalue weighted by Crippen LogP contribution is -2.49. The van der Waals surface area contributed by atoms with Crippen molar-refractivity contribution < 1.29 is 22.8 Å². The molecule has 0 N–H and O–H groups in total. The normalized spacial score (nSPS) is 14.3. The third kappa shape index (κ3) is 4.85. The van der Waals surface area contributed by atoms with Gasteiger partial charge in [0.05, 0.1) is 21.7 Å². The van der Waals surface area contributed by atoms with E-state index in [2.05, 4.69) is 4.98 Å². The molecule has 3 heterocycles. The van der Waals surface area contributed by atoms with Crippen molar-refractivity contribution in [3.8, 4) is 0 Å². The maximum Gasteiger partial charge on any atom is 0.417 e. The van der Waals surface area contributed by atoms with Crippen molar-refractivity contribution in [2.45, 2.75) is 6.18 Å². The fourth-order valence-electron chi connectivity index (χ4n) is 3.67. The number of carbonyl (C=O) groups is 2. The molecule has 0 radical (unpaired) electrons. The molecule has 1 aromatic carbocycles. The van der Waals surface area contributed by atoms with E-state index in [1.807, 2.05) is 10.3 Å². The van der Waals surface area contributed by atoms with Gasteiger partial charge in [-0.2, -0.15) is 13.2 Å². The average Bonchev–Trinajstić information content (AvgIpc) is 3.37. The summed E-state index contributed by atoms with van der Waals surface area (Å²) < 4.78 is 38.3. The Bertz CT molecular complexity index is 1130. The van der Waals surface area contributed by atoms with Gasteiger partial charge in [-0.3, -0.25) is 9.59 Å². The highest BCUT2D eigenvalue weighted by Gasteiger charge is 2.31. The molecule has 0 atom stereocenters. The fraction of sp³-hybridized carbons (Fsp3) is 0.261. The van der Waals surface area contributed by atoms with Crippen molar-refractivity contribution in [1.82, 2.24) is 9.88 Å². The molecule has 0 bridgehead atoms. The summed E-state index contributed by atoms with van der Waals surface area (Å²) in [6.45, 7) is 1.66. The molecule has 2 aromatic heterocycles. The van der Waals surface area contributed by atoms with Crippen molar-refractivity contribution in [2.24, 2.45) is 0 Å². The number of hydrogen-bond acceptors (Lipinski definition) is 5. The number of nitrogens with zero attached hydrogens (tertiary/aromatic N) is 4. The number of benzene rings is 1. The number of thiophene rings is 1. The zero-order chi connectivity index (χ0) is 23.6. The lowest BCUT2D eigenvalue weighted by atomic mass is 10.1. The maximum absolute atomic E-state index is 13.3. The summed E-state index contributed by atoms with van der Waals surface area (Å²) in [4.78, 5) is 35.6. The van der Waals surface area contributed by atoms with Crippen molar-refractivity contribution in [2.75, 3.05) is 43.0 Å². The van der Waals surface area contributed by atoms with Gasteiger partial charge in [0, 0.05) is 39.4 Å². The molecule has 0 spiro atoms. The van der Waals surface area contributed by atoms with E-state index < -0.39 is 11.7 Å². The molecule has 3 aromatic rings. The quantitative estimate of drug-likeness (QED) is 0.563. The van der Waals surface area contributed by atoms with Gasteiger partial charge in [0.25, 0.3) is 11.8 Å². The van der Waals surface area contributed by atoms with Crippen LogP contribution in [0.4, 0.5) is 24.7 Å². The Morgan fingerprint density at radius 2 is 1.73 bits per heavy atom. The van der Waals surface area contributed by atoms with Crippen molar-refractivity contribution in [3.05, 3.63) is 76.1 Å². The lowest BCUT2D eigenvalue weighted by molar-refractivity contribution is -0.137. The van der Waals surface area contributed by atoms with Crippen LogP contribution in [0.3, 0.4) is 0 Å². The van der Waals surface area contributed by atoms with Gasteiger partial charge in [-0.05, 0) is 35.7 Å². The maximum atomic E-state index is 13.3. The molecule has 4 rings (SSSR count). The van der Waals surface area contributed by atoms with Crippen LogP contribution in [0.2, 0.25) is 0 Å². The lowest BCUT2D eigenvalue weighted by Gasteiger charge is -2.36. The fourth-order valence-corrected chi connectivity index (χ4v) is 4.37. The van der Waals surface area contributed by atoms with Crippen LogP contribution in [-0.2, 0) is 6.18 Å². The van der Waals surface area contributed by atoms with E-state index >= 15 is 0 Å². The number of hydrogen-bond donors (Lipinski definition) is 0. The second-order valence-corrected chi connectivity index (χ2v) is 8.49. The topological polar surface area (TPSA) is 56.8 Å². The van der Waals surface area contributed by atoms with Crippen LogP contribution in [0, 0.1) is 0 Å². The zero-order valence-electron chi connectivity index (χ0n) is 17.7. The van der Waals surface area contributed by atoms with E-state index in [-0.39, 0.29) is 11.8 Å². The van der Waals surface area contributed by atoms with E-state index in [0.717, 1.165) is 12.3 Å². The average molecular weight is 475 g/mol. The number of rotatable bonds is 4. The molecule has 10 heteroatoms. The van der Waals surface area contributed by atoms with Crippen LogP contribution in [0.25, 0.3) is 0 Å². The molecule has 6 nitrogen and oxygen atoms in total. The molecule has 33 heavy (non-hydrogen) atoms. The van der Waals surface area contributed by atoms with Crippen LogP contribution in [0.5, 0.6) is 0 Å². The van der Waals surface area contributed by atoms with Gasteiger partial charge in [0.2, 0.25) is 0 Å². The zero-order valence-corrected chi connectivity index (χ0v) is 18.6. The van der Waals surface area contributed by atoms with Crippen molar-refractivity contribution >= 4 is 34.7 Å². The SMILES string of the molecule is CN(C(=O)c1cccs1)c1ccccc1C(=O)N1CCN(c2ccc(C(F)(F)F)cn2)CC1. The third-order valence-electron chi connectivity index (χ3n) is 5.50. The molecule has 0 saturated carbocycles. The second-order valence-electron chi connectivity index (χ2n) is 7.54. The number of pyridine rings is 1. The summed E-state index contributed by atoms with van der Waals surface area (Å²) >= 11 is 1.34. The molecule has 1 aliphatic heterocycles. The number of piperazine rings is 1. The first kappa shape index (κ1) is 22.8. The van der Waals surface area contributed by atoms with Gasteiger partial charge in [-0.15, -0.1) is 11.3 Å². The van der Waals surface area contributed by atoms with Crippen LogP contribution in [0.15, 0.2) is 60.1 Å². The number of anilines is 2. The summed E-state index contributed by atoms with van der Waals surface area (Å²) in [5.41, 5.74) is 0.150. The predicted molar refractivity (Wildman–Crippen MR) is 121 cm³/mol. The first-order valence-electron chi connectivity index (χ1n) is 10.2. The molecular formula is C23H21F3N4O2S. The Hall–Kier alpha value is -3.40. The number of aromatic nitrogens is 1. The minimum Gasteiger partial charge on any atom is -0.353 e. The van der Waals surface area contributed by atoms with E-state index in [1.54, 1.807) is 48.3 Å². The van der Waals surface area contributed by atoms with Crippen LogP contribution in [0.1, 0.15) is 25.6 Å². The number of halogens is 3. The minimum atomic E-state index is -4.43. The Labute approximate surface area is 192 Å². The Morgan fingerprint density at radius 3 is 2.33 bits per heavy atom. The van der Waals surface area contributed by atoms with Crippen LogP contribution in [-0.4, -0.2) is 54.9 Å². The van der Waals surface area contributed by atoms with Crippen LogP contribution >= 0.6 is 11.3 Å². The number of alkyl halides is 3. The molecular weight excluding hydrogens is 453 g/mol. The van der Waals surface area contributed by atoms with Gasteiger partial charge in [-0.25, -0.2) is 4.98 Å². The highest BCUT2D eigenvalue weighted by Crippen LogP contribution is 2.30. The summed E-state index contributed by atoms with van der Waals surface area (Å²) in [5, 5.41) is 1.82. The molecule has 1 fully saturated rings. The van der Waals surface area contributed by atoms with Gasteiger partial charge < -0.3 is 14.7 Å². The van der Waals surface area contributed by atoms with Crippen LogP contribution < -0.4 is 9.80 Å². The van der Waals surface area contributed by atoms with E-state index in [4.69, 9.17) is 0 Å². The number of amides is 2. The molecule has 0 unspecified atom stereocenters.